The molecular weight excluding hydrogens is 274 g/mol. The van der Waals surface area contributed by atoms with Crippen molar-refractivity contribution in [1.82, 2.24) is 4.31 Å². The maximum absolute atomic E-state index is 12.0. The molecule has 108 valence electrons. The smallest absolute Gasteiger partial charge is 0.259 e. The molecule has 0 aromatic heterocycles. The average molecular weight is 293 g/mol. The Morgan fingerprint density at radius 3 is 2.60 bits per heavy atom. The van der Waals surface area contributed by atoms with Gasteiger partial charge in [0.15, 0.2) is 0 Å². The van der Waals surface area contributed by atoms with Gasteiger partial charge in [0.2, 0.25) is 10.0 Å². The summed E-state index contributed by atoms with van der Waals surface area (Å²) in [6.45, 7) is 2.17. The molecule has 1 heterocycles. The summed E-state index contributed by atoms with van der Waals surface area (Å²) in [6, 6.07) is 10.0. The number of amides is 1. The third-order valence-corrected chi connectivity index (χ3v) is 5.20. The SMILES string of the molecule is CC(=CC(=O)N1CCCS1(=O)=O)CCc1ccccc1. The molecule has 1 amide bonds. The maximum atomic E-state index is 12.0. The van der Waals surface area contributed by atoms with Crippen LogP contribution in [-0.2, 0) is 21.2 Å². The first-order chi connectivity index (χ1) is 9.49. The first-order valence-corrected chi connectivity index (χ1v) is 8.35. The van der Waals surface area contributed by atoms with Crippen LogP contribution < -0.4 is 0 Å². The third kappa shape index (κ3) is 3.70. The number of sulfonamides is 1. The first kappa shape index (κ1) is 14.8. The van der Waals surface area contributed by atoms with Gasteiger partial charge < -0.3 is 0 Å². The maximum Gasteiger partial charge on any atom is 0.259 e. The van der Waals surface area contributed by atoms with E-state index in [-0.39, 0.29) is 5.75 Å². The van der Waals surface area contributed by atoms with Crippen LogP contribution in [0, 0.1) is 0 Å². The molecule has 2 rings (SSSR count). The molecule has 5 heteroatoms. The van der Waals surface area contributed by atoms with Crippen LogP contribution in [0.15, 0.2) is 42.0 Å². The molecule has 0 saturated carbocycles. The van der Waals surface area contributed by atoms with Crippen molar-refractivity contribution in [2.45, 2.75) is 26.2 Å². The Labute approximate surface area is 120 Å². The van der Waals surface area contributed by atoms with Gasteiger partial charge in [-0.25, -0.2) is 12.7 Å². The highest BCUT2D eigenvalue weighted by atomic mass is 32.2. The van der Waals surface area contributed by atoms with Crippen LogP contribution in [-0.4, -0.2) is 30.9 Å². The van der Waals surface area contributed by atoms with E-state index in [1.54, 1.807) is 0 Å². The lowest BCUT2D eigenvalue weighted by atomic mass is 10.1. The predicted octanol–water partition coefficient (Wildman–Crippen LogP) is 2.13. The van der Waals surface area contributed by atoms with Gasteiger partial charge in [-0.15, -0.1) is 0 Å². The van der Waals surface area contributed by atoms with Crippen LogP contribution in [0.25, 0.3) is 0 Å². The van der Waals surface area contributed by atoms with Crippen LogP contribution in [0.5, 0.6) is 0 Å². The van der Waals surface area contributed by atoms with Crippen LogP contribution in [0.2, 0.25) is 0 Å². The van der Waals surface area contributed by atoms with E-state index in [1.165, 1.54) is 11.6 Å². The normalized spacial score (nSPS) is 18.2. The molecule has 0 unspecified atom stereocenters. The Hall–Kier alpha value is -1.62. The highest BCUT2D eigenvalue weighted by molar-refractivity contribution is 7.89. The molecule has 1 aliphatic heterocycles. The molecule has 0 bridgehead atoms. The summed E-state index contributed by atoms with van der Waals surface area (Å²) in [5.41, 5.74) is 2.11. The van der Waals surface area contributed by atoms with Crippen molar-refractivity contribution in [3.05, 3.63) is 47.5 Å². The monoisotopic (exact) mass is 293 g/mol. The Morgan fingerprint density at radius 1 is 1.30 bits per heavy atom. The van der Waals surface area contributed by atoms with Crippen molar-refractivity contribution in [2.75, 3.05) is 12.3 Å². The number of allylic oxidation sites excluding steroid dienone is 1. The van der Waals surface area contributed by atoms with Crippen molar-refractivity contribution < 1.29 is 13.2 Å². The van der Waals surface area contributed by atoms with Crippen molar-refractivity contribution >= 4 is 15.9 Å². The number of rotatable bonds is 4. The zero-order valence-electron chi connectivity index (χ0n) is 11.6. The van der Waals surface area contributed by atoms with E-state index in [4.69, 9.17) is 0 Å². The first-order valence-electron chi connectivity index (χ1n) is 6.74. The zero-order chi connectivity index (χ0) is 14.6. The second-order valence-electron chi connectivity index (χ2n) is 5.06. The molecule has 1 aromatic carbocycles. The molecule has 1 aliphatic rings. The van der Waals surface area contributed by atoms with Gasteiger partial charge >= 0.3 is 0 Å². The number of aryl methyl sites for hydroxylation is 1. The van der Waals surface area contributed by atoms with Crippen LogP contribution in [0.4, 0.5) is 0 Å². The van der Waals surface area contributed by atoms with Crippen molar-refractivity contribution in [2.24, 2.45) is 0 Å². The Morgan fingerprint density at radius 2 is 2.00 bits per heavy atom. The largest absolute Gasteiger partial charge is 0.269 e. The number of carbonyl (C=O) groups excluding carboxylic acids is 1. The second kappa shape index (κ2) is 6.22. The molecule has 20 heavy (non-hydrogen) atoms. The lowest BCUT2D eigenvalue weighted by Crippen LogP contribution is -2.31. The van der Waals surface area contributed by atoms with Gasteiger partial charge in [-0.2, -0.15) is 0 Å². The molecule has 0 spiro atoms. The molecule has 0 atom stereocenters. The van der Waals surface area contributed by atoms with E-state index in [1.807, 2.05) is 37.3 Å². The van der Waals surface area contributed by atoms with E-state index in [2.05, 4.69) is 0 Å². The van der Waals surface area contributed by atoms with Crippen LogP contribution in [0.3, 0.4) is 0 Å². The van der Waals surface area contributed by atoms with Gasteiger partial charge in [0.1, 0.15) is 0 Å². The minimum absolute atomic E-state index is 0.0790. The summed E-state index contributed by atoms with van der Waals surface area (Å²) in [5, 5.41) is 0. The lowest BCUT2D eigenvalue weighted by molar-refractivity contribution is -0.121. The van der Waals surface area contributed by atoms with Gasteiger partial charge in [-0.1, -0.05) is 35.9 Å². The van der Waals surface area contributed by atoms with Gasteiger partial charge in [0, 0.05) is 12.6 Å². The van der Waals surface area contributed by atoms with Gasteiger partial charge in [-0.3, -0.25) is 4.79 Å². The number of nitrogens with zero attached hydrogens (tertiary/aromatic N) is 1. The molecule has 4 nitrogen and oxygen atoms in total. The number of hydrogen-bond donors (Lipinski definition) is 0. The summed E-state index contributed by atoms with van der Waals surface area (Å²) in [7, 11) is -3.36. The van der Waals surface area contributed by atoms with Crippen molar-refractivity contribution in [3.63, 3.8) is 0 Å². The standard InChI is InChI=1S/C15H19NO3S/c1-13(8-9-14-6-3-2-4-7-14)12-15(17)16-10-5-11-20(16,18)19/h2-4,6-7,12H,5,8-11H2,1H3. The molecule has 0 aliphatic carbocycles. The predicted molar refractivity (Wildman–Crippen MR) is 78.6 cm³/mol. The number of hydrogen-bond acceptors (Lipinski definition) is 3. The van der Waals surface area contributed by atoms with Crippen molar-refractivity contribution in [1.29, 1.82) is 0 Å². The molecule has 1 aromatic rings. The highest BCUT2D eigenvalue weighted by Crippen LogP contribution is 2.15. The van der Waals surface area contributed by atoms with Crippen LogP contribution >= 0.6 is 0 Å². The number of benzene rings is 1. The van der Waals surface area contributed by atoms with Gasteiger partial charge in [-0.05, 0) is 31.7 Å². The fourth-order valence-corrected chi connectivity index (χ4v) is 3.68. The summed E-state index contributed by atoms with van der Waals surface area (Å²) < 4.78 is 24.3. The van der Waals surface area contributed by atoms with E-state index < -0.39 is 15.9 Å². The van der Waals surface area contributed by atoms with E-state index in [9.17, 15) is 13.2 Å². The molecular formula is C15H19NO3S. The lowest BCUT2D eigenvalue weighted by Gasteiger charge is -2.12. The zero-order valence-corrected chi connectivity index (χ0v) is 12.4. The van der Waals surface area contributed by atoms with Crippen molar-refractivity contribution in [3.8, 4) is 0 Å². The summed E-state index contributed by atoms with van der Waals surface area (Å²) in [6.07, 6.45) is 3.59. The fourth-order valence-electron chi connectivity index (χ4n) is 2.23. The van der Waals surface area contributed by atoms with E-state index in [0.29, 0.717) is 13.0 Å². The molecule has 0 N–H and O–H groups in total. The summed E-state index contributed by atoms with van der Waals surface area (Å²) >= 11 is 0. The van der Waals surface area contributed by atoms with Crippen LogP contribution in [0.1, 0.15) is 25.3 Å². The summed E-state index contributed by atoms with van der Waals surface area (Å²) in [5.74, 6) is -0.330. The molecule has 1 saturated heterocycles. The molecule has 1 fully saturated rings. The minimum Gasteiger partial charge on any atom is -0.269 e. The van der Waals surface area contributed by atoms with E-state index >= 15 is 0 Å². The Kier molecular flexibility index (Phi) is 4.60. The van der Waals surface area contributed by atoms with E-state index in [0.717, 1.165) is 22.7 Å². The molecule has 0 radical (unpaired) electrons. The Balaban J connectivity index is 1.95. The van der Waals surface area contributed by atoms with Gasteiger partial charge in [0.05, 0.1) is 5.75 Å². The third-order valence-electron chi connectivity index (χ3n) is 3.37. The number of carbonyl (C=O) groups is 1. The second-order valence-corrected chi connectivity index (χ2v) is 7.07. The summed E-state index contributed by atoms with van der Waals surface area (Å²) in [4.78, 5) is 12.0. The quantitative estimate of drug-likeness (QED) is 0.799. The minimum atomic E-state index is -3.36. The topological polar surface area (TPSA) is 54.5 Å². The van der Waals surface area contributed by atoms with Gasteiger partial charge in [0.25, 0.3) is 5.91 Å². The average Bonchev–Trinajstić information content (AvgIpc) is 2.77. The fraction of sp³-hybridized carbons (Fsp3) is 0.400. The highest BCUT2D eigenvalue weighted by Gasteiger charge is 2.31. The Bertz CT molecular complexity index is 605.